The monoisotopic (exact) mass is 334 g/mol. The molecule has 1 aromatic rings. The quantitative estimate of drug-likeness (QED) is 0.896. The van der Waals surface area contributed by atoms with Crippen molar-refractivity contribution in [1.82, 2.24) is 9.62 Å². The predicted octanol–water partition coefficient (Wildman–Crippen LogP) is 2.28. The van der Waals surface area contributed by atoms with E-state index in [2.05, 4.69) is 5.32 Å². The van der Waals surface area contributed by atoms with E-state index >= 15 is 0 Å². The molecule has 1 aromatic heterocycles. The number of nitrogens with zero attached hydrogens (tertiary/aromatic N) is 1. The SMILES string of the molecule is C[C@@H](CN(C)S(=O)(=O)c1cccs1)NC(=O)OC(C)(C)C. The molecule has 0 aromatic carbocycles. The molecule has 0 unspecified atom stereocenters. The molecule has 0 radical (unpaired) electrons. The van der Waals surface area contributed by atoms with Gasteiger partial charge < -0.3 is 10.1 Å². The summed E-state index contributed by atoms with van der Waals surface area (Å²) in [4.78, 5) is 11.6. The zero-order valence-electron chi connectivity index (χ0n) is 12.9. The van der Waals surface area contributed by atoms with Crippen LogP contribution >= 0.6 is 11.3 Å². The lowest BCUT2D eigenvalue weighted by molar-refractivity contribution is 0.0504. The number of carbonyl (C=O) groups is 1. The van der Waals surface area contributed by atoms with E-state index in [-0.39, 0.29) is 16.8 Å². The molecule has 1 atom stereocenters. The van der Waals surface area contributed by atoms with E-state index in [1.807, 2.05) is 0 Å². The number of hydrogen-bond donors (Lipinski definition) is 1. The first-order valence-corrected chi connectivity index (χ1v) is 8.84. The molecule has 0 bridgehead atoms. The first-order valence-electron chi connectivity index (χ1n) is 6.52. The Bertz CT molecular complexity index is 561. The highest BCUT2D eigenvalue weighted by atomic mass is 32.2. The molecule has 1 heterocycles. The average molecular weight is 334 g/mol. The number of thiophene rings is 1. The Morgan fingerprint density at radius 3 is 2.57 bits per heavy atom. The summed E-state index contributed by atoms with van der Waals surface area (Å²) < 4.78 is 31.1. The van der Waals surface area contributed by atoms with Crippen LogP contribution in [0.2, 0.25) is 0 Å². The zero-order chi connectivity index (χ0) is 16.3. The molecule has 120 valence electrons. The minimum absolute atomic E-state index is 0.166. The van der Waals surface area contributed by atoms with Gasteiger partial charge >= 0.3 is 6.09 Å². The molecule has 1 rings (SSSR count). The minimum Gasteiger partial charge on any atom is -0.444 e. The summed E-state index contributed by atoms with van der Waals surface area (Å²) in [6.07, 6.45) is -0.558. The Hall–Kier alpha value is -1.12. The fourth-order valence-electron chi connectivity index (χ4n) is 1.60. The third kappa shape index (κ3) is 5.64. The van der Waals surface area contributed by atoms with E-state index in [0.717, 1.165) is 0 Å². The molecule has 0 aliphatic carbocycles. The number of likely N-dealkylation sites (N-methyl/N-ethyl adjacent to an activating group) is 1. The topological polar surface area (TPSA) is 75.7 Å². The van der Waals surface area contributed by atoms with Gasteiger partial charge in [0, 0.05) is 19.6 Å². The van der Waals surface area contributed by atoms with Gasteiger partial charge in [0.05, 0.1) is 0 Å². The molecule has 0 saturated carbocycles. The number of nitrogens with one attached hydrogen (secondary N) is 1. The summed E-state index contributed by atoms with van der Waals surface area (Å²) in [7, 11) is -2.01. The molecular weight excluding hydrogens is 312 g/mol. The molecule has 8 heteroatoms. The predicted molar refractivity (Wildman–Crippen MR) is 83.0 cm³/mol. The zero-order valence-corrected chi connectivity index (χ0v) is 14.5. The first-order chi connectivity index (χ1) is 9.52. The molecule has 6 nitrogen and oxygen atoms in total. The average Bonchev–Trinajstić information content (AvgIpc) is 2.78. The fraction of sp³-hybridized carbons (Fsp3) is 0.615. The Labute approximate surface area is 130 Å². The molecule has 0 fully saturated rings. The van der Waals surface area contributed by atoms with Gasteiger partial charge in [0.15, 0.2) is 0 Å². The Morgan fingerprint density at radius 1 is 1.48 bits per heavy atom. The van der Waals surface area contributed by atoms with Gasteiger partial charge in [-0.05, 0) is 39.1 Å². The van der Waals surface area contributed by atoms with Crippen LogP contribution in [0.25, 0.3) is 0 Å². The molecule has 1 N–H and O–H groups in total. The number of sulfonamides is 1. The van der Waals surface area contributed by atoms with Gasteiger partial charge in [0.2, 0.25) is 0 Å². The van der Waals surface area contributed by atoms with Crippen LogP contribution in [0.4, 0.5) is 4.79 Å². The maximum absolute atomic E-state index is 12.2. The van der Waals surface area contributed by atoms with Crippen LogP contribution < -0.4 is 5.32 Å². The van der Waals surface area contributed by atoms with Gasteiger partial charge in [-0.15, -0.1) is 11.3 Å². The van der Waals surface area contributed by atoms with Crippen LogP contribution in [0.15, 0.2) is 21.7 Å². The van der Waals surface area contributed by atoms with E-state index in [9.17, 15) is 13.2 Å². The van der Waals surface area contributed by atoms with Gasteiger partial charge in [0.25, 0.3) is 10.0 Å². The van der Waals surface area contributed by atoms with Crippen LogP contribution in [-0.2, 0) is 14.8 Å². The number of hydrogen-bond acceptors (Lipinski definition) is 5. The highest BCUT2D eigenvalue weighted by molar-refractivity contribution is 7.91. The van der Waals surface area contributed by atoms with Gasteiger partial charge in [-0.3, -0.25) is 0 Å². The number of rotatable bonds is 5. The van der Waals surface area contributed by atoms with Crippen molar-refractivity contribution in [3.63, 3.8) is 0 Å². The second kappa shape index (κ2) is 6.76. The van der Waals surface area contributed by atoms with Crippen LogP contribution in [-0.4, -0.2) is 44.1 Å². The second-order valence-corrected chi connectivity index (χ2v) is 8.98. The van der Waals surface area contributed by atoms with E-state index in [1.165, 1.54) is 22.7 Å². The van der Waals surface area contributed by atoms with Crippen LogP contribution in [0.3, 0.4) is 0 Å². The summed E-state index contributed by atoms with van der Waals surface area (Å²) in [6, 6.07) is 2.88. The number of alkyl carbamates (subject to hydrolysis) is 1. The van der Waals surface area contributed by atoms with Gasteiger partial charge in [0.1, 0.15) is 9.81 Å². The summed E-state index contributed by atoms with van der Waals surface area (Å²) in [6.45, 7) is 7.20. The normalized spacial score (nSPS) is 14.0. The first kappa shape index (κ1) is 17.9. The van der Waals surface area contributed by atoms with Crippen molar-refractivity contribution in [3.8, 4) is 0 Å². The molecule has 0 aliphatic rings. The summed E-state index contributed by atoms with van der Waals surface area (Å²) in [5.41, 5.74) is -0.585. The van der Waals surface area contributed by atoms with Crippen molar-refractivity contribution < 1.29 is 17.9 Å². The van der Waals surface area contributed by atoms with E-state index in [1.54, 1.807) is 45.2 Å². The molecule has 0 spiro atoms. The van der Waals surface area contributed by atoms with E-state index in [4.69, 9.17) is 4.74 Å². The maximum atomic E-state index is 12.2. The van der Waals surface area contributed by atoms with E-state index in [0.29, 0.717) is 0 Å². The smallest absolute Gasteiger partial charge is 0.407 e. The minimum atomic E-state index is -3.50. The fourth-order valence-corrected chi connectivity index (χ4v) is 4.06. The number of amides is 1. The van der Waals surface area contributed by atoms with Gasteiger partial charge in [-0.1, -0.05) is 6.07 Å². The van der Waals surface area contributed by atoms with Gasteiger partial charge in [-0.2, -0.15) is 4.31 Å². The van der Waals surface area contributed by atoms with Crippen LogP contribution in [0, 0.1) is 0 Å². The number of carbonyl (C=O) groups excluding carboxylic acids is 1. The summed E-state index contributed by atoms with van der Waals surface area (Å²) in [5, 5.41) is 4.33. The molecule has 1 amide bonds. The van der Waals surface area contributed by atoms with Crippen molar-refractivity contribution in [2.75, 3.05) is 13.6 Å². The molecule has 0 aliphatic heterocycles. The maximum Gasteiger partial charge on any atom is 0.407 e. The van der Waals surface area contributed by atoms with Crippen molar-refractivity contribution in [3.05, 3.63) is 17.5 Å². The van der Waals surface area contributed by atoms with Crippen LogP contribution in [0.1, 0.15) is 27.7 Å². The van der Waals surface area contributed by atoms with Crippen molar-refractivity contribution in [2.45, 2.75) is 43.5 Å². The molecular formula is C13H22N2O4S2. The Kier molecular flexibility index (Phi) is 5.77. The summed E-state index contributed by atoms with van der Waals surface area (Å²) >= 11 is 1.17. The Morgan fingerprint density at radius 2 is 2.10 bits per heavy atom. The van der Waals surface area contributed by atoms with Gasteiger partial charge in [-0.25, -0.2) is 13.2 Å². The van der Waals surface area contributed by atoms with E-state index < -0.39 is 21.7 Å². The molecule has 0 saturated heterocycles. The lowest BCUT2D eigenvalue weighted by atomic mass is 10.2. The van der Waals surface area contributed by atoms with Crippen LogP contribution in [0.5, 0.6) is 0 Å². The van der Waals surface area contributed by atoms with Crippen molar-refractivity contribution in [1.29, 1.82) is 0 Å². The number of ether oxygens (including phenoxy) is 1. The lowest BCUT2D eigenvalue weighted by Gasteiger charge is -2.24. The standard InChI is InChI=1S/C13H22N2O4S2/c1-10(14-12(16)19-13(2,3)4)9-15(5)21(17,18)11-7-6-8-20-11/h6-8,10H,9H2,1-5H3,(H,14,16)/t10-/m0/s1. The second-order valence-electron chi connectivity index (χ2n) is 5.76. The highest BCUT2D eigenvalue weighted by Crippen LogP contribution is 2.19. The largest absolute Gasteiger partial charge is 0.444 e. The lowest BCUT2D eigenvalue weighted by Crippen LogP contribution is -2.44. The highest BCUT2D eigenvalue weighted by Gasteiger charge is 2.24. The third-order valence-electron chi connectivity index (χ3n) is 2.45. The Balaban J connectivity index is 2.59. The third-order valence-corrected chi connectivity index (χ3v) is 5.65. The van der Waals surface area contributed by atoms with Crippen molar-refractivity contribution in [2.24, 2.45) is 0 Å². The molecule has 21 heavy (non-hydrogen) atoms. The summed E-state index contributed by atoms with van der Waals surface area (Å²) in [5.74, 6) is 0. The van der Waals surface area contributed by atoms with Crippen molar-refractivity contribution >= 4 is 27.5 Å².